The summed E-state index contributed by atoms with van der Waals surface area (Å²) in [5.41, 5.74) is 0.621. The third kappa shape index (κ3) is 3.91. The van der Waals surface area contributed by atoms with E-state index in [0.29, 0.717) is 18.5 Å². The number of imidazole rings is 1. The van der Waals surface area contributed by atoms with E-state index in [0.717, 1.165) is 24.3 Å². The molecular formula is C16H19ClF3N3O2. The van der Waals surface area contributed by atoms with Crippen LogP contribution >= 0.6 is 11.6 Å². The third-order valence-electron chi connectivity index (χ3n) is 4.29. The monoisotopic (exact) mass is 377 g/mol. The first-order chi connectivity index (χ1) is 11.8. The maximum Gasteiger partial charge on any atom is 0.408 e. The van der Waals surface area contributed by atoms with Gasteiger partial charge in [0.25, 0.3) is 0 Å². The molecule has 0 N–H and O–H groups in total. The molecule has 0 bridgehead atoms. The molecule has 0 aliphatic carbocycles. The minimum atomic E-state index is -4.43. The molecule has 2 aromatic heterocycles. The predicted molar refractivity (Wildman–Crippen MR) is 86.4 cm³/mol. The van der Waals surface area contributed by atoms with Gasteiger partial charge in [-0.15, -0.1) is 0 Å². The summed E-state index contributed by atoms with van der Waals surface area (Å²) >= 11 is 5.87. The van der Waals surface area contributed by atoms with Crippen molar-refractivity contribution in [2.75, 3.05) is 6.61 Å². The largest absolute Gasteiger partial charge is 0.408 e. The number of nitrogens with zero attached hydrogens (tertiary/aromatic N) is 3. The molecule has 138 valence electrons. The molecule has 25 heavy (non-hydrogen) atoms. The second kappa shape index (κ2) is 7.09. The van der Waals surface area contributed by atoms with E-state index in [2.05, 4.69) is 9.97 Å². The van der Waals surface area contributed by atoms with Gasteiger partial charge in [-0.1, -0.05) is 11.6 Å². The second-order valence-corrected chi connectivity index (χ2v) is 6.52. The van der Waals surface area contributed by atoms with Crippen LogP contribution in [0.3, 0.4) is 0 Å². The molecule has 0 aromatic carbocycles. The minimum Gasteiger partial charge on any atom is -0.353 e. The van der Waals surface area contributed by atoms with Crippen LogP contribution in [-0.4, -0.2) is 33.6 Å². The van der Waals surface area contributed by atoms with Crippen molar-refractivity contribution in [2.45, 2.75) is 57.7 Å². The molecule has 0 saturated carbocycles. The van der Waals surface area contributed by atoms with Gasteiger partial charge in [0.1, 0.15) is 28.6 Å². The quantitative estimate of drug-likeness (QED) is 0.717. The highest BCUT2D eigenvalue weighted by Gasteiger charge is 2.40. The summed E-state index contributed by atoms with van der Waals surface area (Å²) in [7, 11) is 0. The van der Waals surface area contributed by atoms with Crippen molar-refractivity contribution >= 4 is 22.6 Å². The van der Waals surface area contributed by atoms with E-state index >= 15 is 0 Å². The molecule has 3 heterocycles. The van der Waals surface area contributed by atoms with Crippen molar-refractivity contribution in [3.8, 4) is 0 Å². The van der Waals surface area contributed by atoms with E-state index in [1.165, 1.54) is 12.3 Å². The number of ether oxygens (including phenoxy) is 2. The van der Waals surface area contributed by atoms with E-state index in [-0.39, 0.29) is 16.5 Å². The normalized spacial score (nSPS) is 21.4. The van der Waals surface area contributed by atoms with E-state index < -0.39 is 24.6 Å². The van der Waals surface area contributed by atoms with E-state index in [9.17, 15) is 13.2 Å². The first-order valence-corrected chi connectivity index (χ1v) is 8.52. The summed E-state index contributed by atoms with van der Waals surface area (Å²) < 4.78 is 52.6. The predicted octanol–water partition coefficient (Wildman–Crippen LogP) is 4.81. The molecule has 9 heteroatoms. The smallest absolute Gasteiger partial charge is 0.353 e. The highest BCUT2D eigenvalue weighted by molar-refractivity contribution is 6.29. The standard InChI is InChI=1S/C16H19ClF3N3O2/c1-9(25-14-5-3-4-6-24-14)15-22-11-8-21-13(17)7-12(11)23(15)10(2)16(18,19)20/h7-10,14H,3-6H2,1-2H3/t9-,10-,14?/m1/s1. The molecular weight excluding hydrogens is 359 g/mol. The fourth-order valence-electron chi connectivity index (χ4n) is 2.94. The highest BCUT2D eigenvalue weighted by atomic mass is 35.5. The molecule has 3 atom stereocenters. The third-order valence-corrected chi connectivity index (χ3v) is 4.49. The average Bonchev–Trinajstić information content (AvgIpc) is 2.92. The van der Waals surface area contributed by atoms with Gasteiger partial charge in [0.2, 0.25) is 0 Å². The number of alkyl halides is 3. The molecule has 0 radical (unpaired) electrons. The maximum absolute atomic E-state index is 13.4. The Morgan fingerprint density at radius 1 is 1.36 bits per heavy atom. The average molecular weight is 378 g/mol. The number of hydrogen-bond donors (Lipinski definition) is 0. The highest BCUT2D eigenvalue weighted by Crippen LogP contribution is 2.36. The van der Waals surface area contributed by atoms with Crippen LogP contribution in [0.5, 0.6) is 0 Å². The molecule has 0 spiro atoms. The van der Waals surface area contributed by atoms with Crippen LogP contribution in [0.1, 0.15) is 51.1 Å². The first kappa shape index (κ1) is 18.4. The van der Waals surface area contributed by atoms with Crippen LogP contribution < -0.4 is 0 Å². The number of halogens is 4. The number of rotatable bonds is 4. The number of fused-ring (bicyclic) bond motifs is 1. The molecule has 1 fully saturated rings. The lowest BCUT2D eigenvalue weighted by molar-refractivity contribution is -0.190. The summed E-state index contributed by atoms with van der Waals surface area (Å²) in [5, 5.41) is 0.110. The van der Waals surface area contributed by atoms with Crippen LogP contribution in [-0.2, 0) is 9.47 Å². The molecule has 1 saturated heterocycles. The second-order valence-electron chi connectivity index (χ2n) is 6.13. The Morgan fingerprint density at radius 2 is 2.12 bits per heavy atom. The fraction of sp³-hybridized carbons (Fsp3) is 0.625. The van der Waals surface area contributed by atoms with Gasteiger partial charge in [-0.2, -0.15) is 13.2 Å². The topological polar surface area (TPSA) is 49.2 Å². The van der Waals surface area contributed by atoms with Gasteiger partial charge >= 0.3 is 6.18 Å². The SMILES string of the molecule is C[C@@H](OC1CCCCO1)c1nc2cnc(Cl)cc2n1[C@H](C)C(F)(F)F. The zero-order chi connectivity index (χ0) is 18.2. The Bertz CT molecular complexity index is 744. The molecule has 1 aliphatic rings. The van der Waals surface area contributed by atoms with Gasteiger partial charge in [-0.3, -0.25) is 0 Å². The van der Waals surface area contributed by atoms with Gasteiger partial charge < -0.3 is 14.0 Å². The zero-order valence-electron chi connectivity index (χ0n) is 13.9. The van der Waals surface area contributed by atoms with Crippen molar-refractivity contribution < 1.29 is 22.6 Å². The van der Waals surface area contributed by atoms with Crippen molar-refractivity contribution in [3.05, 3.63) is 23.2 Å². The van der Waals surface area contributed by atoms with Gasteiger partial charge in [-0.25, -0.2) is 9.97 Å². The first-order valence-electron chi connectivity index (χ1n) is 8.14. The Kier molecular flexibility index (Phi) is 5.22. The lowest BCUT2D eigenvalue weighted by Gasteiger charge is -2.27. The fourth-order valence-corrected chi connectivity index (χ4v) is 3.09. The Morgan fingerprint density at radius 3 is 2.76 bits per heavy atom. The lowest BCUT2D eigenvalue weighted by Crippen LogP contribution is -2.28. The van der Waals surface area contributed by atoms with Crippen molar-refractivity contribution in [1.82, 2.24) is 14.5 Å². The summed E-state index contributed by atoms with van der Waals surface area (Å²) in [6, 6.07) is -0.385. The Balaban J connectivity index is 2.00. The maximum atomic E-state index is 13.4. The van der Waals surface area contributed by atoms with Gasteiger partial charge in [0.05, 0.1) is 11.7 Å². The van der Waals surface area contributed by atoms with E-state index in [1.807, 2.05) is 0 Å². The van der Waals surface area contributed by atoms with Crippen LogP contribution in [0, 0.1) is 0 Å². The van der Waals surface area contributed by atoms with Gasteiger partial charge in [0, 0.05) is 12.7 Å². The lowest BCUT2D eigenvalue weighted by atomic mass is 10.2. The van der Waals surface area contributed by atoms with Crippen LogP contribution in [0.2, 0.25) is 5.15 Å². The summed E-state index contributed by atoms with van der Waals surface area (Å²) in [5.74, 6) is 0.179. The van der Waals surface area contributed by atoms with Crippen LogP contribution in [0.15, 0.2) is 12.3 Å². The van der Waals surface area contributed by atoms with E-state index in [4.69, 9.17) is 21.1 Å². The summed E-state index contributed by atoms with van der Waals surface area (Å²) in [6.45, 7) is 3.35. The van der Waals surface area contributed by atoms with Crippen molar-refractivity contribution in [1.29, 1.82) is 0 Å². The molecule has 0 amide bonds. The van der Waals surface area contributed by atoms with Gasteiger partial charge in [-0.05, 0) is 33.1 Å². The van der Waals surface area contributed by atoms with Crippen LogP contribution in [0.25, 0.3) is 11.0 Å². The molecule has 3 rings (SSSR count). The zero-order valence-corrected chi connectivity index (χ0v) is 14.6. The van der Waals surface area contributed by atoms with Crippen molar-refractivity contribution in [2.24, 2.45) is 0 Å². The number of aromatic nitrogens is 3. The molecule has 1 unspecified atom stereocenters. The molecule has 2 aromatic rings. The minimum absolute atomic E-state index is 0.110. The number of hydrogen-bond acceptors (Lipinski definition) is 4. The van der Waals surface area contributed by atoms with E-state index in [1.54, 1.807) is 6.92 Å². The summed E-state index contributed by atoms with van der Waals surface area (Å²) in [4.78, 5) is 8.22. The molecule has 5 nitrogen and oxygen atoms in total. The summed E-state index contributed by atoms with van der Waals surface area (Å²) in [6.07, 6.45) is -1.52. The molecule has 1 aliphatic heterocycles. The Labute approximate surface area is 148 Å². The Hall–Kier alpha value is -1.38. The van der Waals surface area contributed by atoms with Crippen LogP contribution in [0.4, 0.5) is 13.2 Å². The van der Waals surface area contributed by atoms with Gasteiger partial charge in [0.15, 0.2) is 6.29 Å². The van der Waals surface area contributed by atoms with Crippen molar-refractivity contribution in [3.63, 3.8) is 0 Å². The number of pyridine rings is 1.